The predicted molar refractivity (Wildman–Crippen MR) is 88.3 cm³/mol. The van der Waals surface area contributed by atoms with Crippen molar-refractivity contribution in [1.29, 1.82) is 0 Å². The van der Waals surface area contributed by atoms with Crippen LogP contribution in [0.5, 0.6) is 5.75 Å². The summed E-state index contributed by atoms with van der Waals surface area (Å²) in [6.45, 7) is 0.238. The third-order valence-corrected chi connectivity index (χ3v) is 3.57. The summed E-state index contributed by atoms with van der Waals surface area (Å²) in [5.74, 6) is 0.233. The second-order valence-corrected chi connectivity index (χ2v) is 5.08. The van der Waals surface area contributed by atoms with Crippen molar-refractivity contribution >= 4 is 16.7 Å². The molecule has 5 heteroatoms. The molecule has 0 saturated carbocycles. The SMILES string of the molecule is NC(=O)c1ccc2cncc(-c3ccc(OCCO)cc3)c2c1. The summed E-state index contributed by atoms with van der Waals surface area (Å²) in [7, 11) is 0. The summed E-state index contributed by atoms with van der Waals surface area (Å²) >= 11 is 0. The lowest BCUT2D eigenvalue weighted by atomic mass is 9.99. The number of rotatable bonds is 5. The molecule has 5 nitrogen and oxygen atoms in total. The minimum Gasteiger partial charge on any atom is -0.491 e. The summed E-state index contributed by atoms with van der Waals surface area (Å²) < 4.78 is 5.36. The zero-order valence-electron chi connectivity index (χ0n) is 12.4. The number of hydrogen-bond acceptors (Lipinski definition) is 4. The lowest BCUT2D eigenvalue weighted by Gasteiger charge is -2.09. The molecule has 0 bridgehead atoms. The molecular weight excluding hydrogens is 292 g/mol. The number of aliphatic hydroxyl groups excluding tert-OH is 1. The van der Waals surface area contributed by atoms with Gasteiger partial charge in [-0.25, -0.2) is 0 Å². The van der Waals surface area contributed by atoms with Gasteiger partial charge in [-0.05, 0) is 35.2 Å². The molecule has 3 aromatic rings. The number of pyridine rings is 1. The maximum atomic E-state index is 11.4. The number of amides is 1. The van der Waals surface area contributed by atoms with E-state index < -0.39 is 5.91 Å². The molecular formula is C18H16N2O3. The van der Waals surface area contributed by atoms with Crippen molar-refractivity contribution in [2.45, 2.75) is 0 Å². The first-order chi connectivity index (χ1) is 11.2. The lowest BCUT2D eigenvalue weighted by Crippen LogP contribution is -2.10. The number of carbonyl (C=O) groups excluding carboxylic acids is 1. The Morgan fingerprint density at radius 2 is 1.91 bits per heavy atom. The molecule has 0 atom stereocenters. The van der Waals surface area contributed by atoms with Crippen LogP contribution < -0.4 is 10.5 Å². The highest BCUT2D eigenvalue weighted by Gasteiger charge is 2.08. The van der Waals surface area contributed by atoms with Crippen LogP contribution in [0.1, 0.15) is 10.4 Å². The van der Waals surface area contributed by atoms with E-state index >= 15 is 0 Å². The highest BCUT2D eigenvalue weighted by atomic mass is 16.5. The smallest absolute Gasteiger partial charge is 0.248 e. The molecule has 1 heterocycles. The van der Waals surface area contributed by atoms with Crippen LogP contribution in [0.2, 0.25) is 0 Å². The normalized spacial score (nSPS) is 10.7. The van der Waals surface area contributed by atoms with E-state index in [1.807, 2.05) is 30.3 Å². The standard InChI is InChI=1S/C18H16N2O3/c19-18(22)13-1-2-14-10-20-11-17(16(14)9-13)12-3-5-15(6-4-12)23-8-7-21/h1-6,9-11,21H,7-8H2,(H2,19,22). The van der Waals surface area contributed by atoms with Gasteiger partial charge >= 0.3 is 0 Å². The predicted octanol–water partition coefficient (Wildman–Crippen LogP) is 2.37. The van der Waals surface area contributed by atoms with E-state index in [1.165, 1.54) is 0 Å². The van der Waals surface area contributed by atoms with Crippen LogP contribution in [-0.4, -0.2) is 29.2 Å². The molecule has 0 aliphatic carbocycles. The molecule has 0 spiro atoms. The number of aromatic nitrogens is 1. The highest BCUT2D eigenvalue weighted by Crippen LogP contribution is 2.29. The monoisotopic (exact) mass is 308 g/mol. The van der Waals surface area contributed by atoms with Gasteiger partial charge in [-0.15, -0.1) is 0 Å². The van der Waals surface area contributed by atoms with Crippen LogP contribution in [-0.2, 0) is 0 Å². The average molecular weight is 308 g/mol. The summed E-state index contributed by atoms with van der Waals surface area (Å²) in [6, 6.07) is 12.8. The van der Waals surface area contributed by atoms with Gasteiger partial charge in [0.25, 0.3) is 0 Å². The molecule has 1 amide bonds. The van der Waals surface area contributed by atoms with E-state index in [2.05, 4.69) is 4.98 Å². The van der Waals surface area contributed by atoms with Crippen molar-refractivity contribution < 1.29 is 14.6 Å². The topological polar surface area (TPSA) is 85.4 Å². The lowest BCUT2D eigenvalue weighted by molar-refractivity contribution is 0.100. The van der Waals surface area contributed by atoms with Crippen LogP contribution >= 0.6 is 0 Å². The van der Waals surface area contributed by atoms with Crippen LogP contribution in [0.15, 0.2) is 54.9 Å². The Morgan fingerprint density at radius 3 is 2.61 bits per heavy atom. The van der Waals surface area contributed by atoms with E-state index in [0.717, 1.165) is 21.9 Å². The number of aliphatic hydroxyl groups is 1. The summed E-state index contributed by atoms with van der Waals surface area (Å²) in [4.78, 5) is 15.7. The maximum absolute atomic E-state index is 11.4. The second-order valence-electron chi connectivity index (χ2n) is 5.08. The molecule has 0 aliphatic heterocycles. The Hall–Kier alpha value is -2.92. The molecule has 0 fully saturated rings. The Labute approximate surface area is 133 Å². The van der Waals surface area contributed by atoms with E-state index in [4.69, 9.17) is 15.6 Å². The van der Waals surface area contributed by atoms with Crippen LogP contribution in [0.3, 0.4) is 0 Å². The third-order valence-electron chi connectivity index (χ3n) is 3.57. The Morgan fingerprint density at radius 1 is 1.13 bits per heavy atom. The van der Waals surface area contributed by atoms with Gasteiger partial charge in [-0.3, -0.25) is 9.78 Å². The van der Waals surface area contributed by atoms with Crippen LogP contribution in [0.4, 0.5) is 0 Å². The Kier molecular flexibility index (Phi) is 4.21. The average Bonchev–Trinajstić information content (AvgIpc) is 2.59. The molecule has 0 aliphatic rings. The minimum atomic E-state index is -0.456. The quantitative estimate of drug-likeness (QED) is 0.757. The molecule has 0 radical (unpaired) electrons. The van der Waals surface area contributed by atoms with Crippen molar-refractivity contribution in [1.82, 2.24) is 4.98 Å². The minimum absolute atomic E-state index is 0.0229. The van der Waals surface area contributed by atoms with Gasteiger partial charge in [0.1, 0.15) is 12.4 Å². The molecule has 0 unspecified atom stereocenters. The van der Waals surface area contributed by atoms with E-state index in [0.29, 0.717) is 11.3 Å². The first kappa shape index (κ1) is 15.0. The number of hydrogen-bond donors (Lipinski definition) is 2. The van der Waals surface area contributed by atoms with Crippen molar-refractivity contribution in [2.24, 2.45) is 5.73 Å². The number of fused-ring (bicyclic) bond motifs is 1. The fourth-order valence-electron chi connectivity index (χ4n) is 2.44. The molecule has 3 N–H and O–H groups in total. The van der Waals surface area contributed by atoms with Crippen LogP contribution in [0.25, 0.3) is 21.9 Å². The summed E-state index contributed by atoms with van der Waals surface area (Å²) in [5.41, 5.74) is 7.71. The van der Waals surface area contributed by atoms with Gasteiger partial charge in [0.05, 0.1) is 6.61 Å². The zero-order valence-corrected chi connectivity index (χ0v) is 12.4. The second kappa shape index (κ2) is 6.46. The molecule has 23 heavy (non-hydrogen) atoms. The van der Waals surface area contributed by atoms with E-state index in [-0.39, 0.29) is 13.2 Å². The van der Waals surface area contributed by atoms with Gasteiger partial charge in [-0.2, -0.15) is 0 Å². The van der Waals surface area contributed by atoms with Gasteiger partial charge in [0.2, 0.25) is 5.91 Å². The van der Waals surface area contributed by atoms with Gasteiger partial charge in [0.15, 0.2) is 0 Å². The number of carbonyl (C=O) groups is 1. The van der Waals surface area contributed by atoms with Gasteiger partial charge in [0, 0.05) is 28.9 Å². The Bertz CT molecular complexity index is 845. The number of nitrogens with two attached hydrogens (primary N) is 1. The molecule has 3 rings (SSSR count). The summed E-state index contributed by atoms with van der Waals surface area (Å²) in [5, 5.41) is 10.6. The zero-order chi connectivity index (χ0) is 16.2. The number of primary amides is 1. The summed E-state index contributed by atoms with van der Waals surface area (Å²) in [6.07, 6.45) is 3.51. The number of nitrogens with zero attached hydrogens (tertiary/aromatic N) is 1. The van der Waals surface area contributed by atoms with Crippen molar-refractivity contribution in [2.75, 3.05) is 13.2 Å². The number of ether oxygens (including phenoxy) is 1. The fraction of sp³-hybridized carbons (Fsp3) is 0.111. The maximum Gasteiger partial charge on any atom is 0.248 e. The molecule has 0 saturated heterocycles. The largest absolute Gasteiger partial charge is 0.491 e. The molecule has 116 valence electrons. The van der Waals surface area contributed by atoms with Crippen molar-refractivity contribution in [3.63, 3.8) is 0 Å². The highest BCUT2D eigenvalue weighted by molar-refractivity contribution is 6.02. The fourth-order valence-corrected chi connectivity index (χ4v) is 2.44. The van der Waals surface area contributed by atoms with Gasteiger partial charge < -0.3 is 15.6 Å². The molecule has 1 aromatic heterocycles. The number of benzene rings is 2. The van der Waals surface area contributed by atoms with Crippen molar-refractivity contribution in [3.05, 3.63) is 60.4 Å². The van der Waals surface area contributed by atoms with Gasteiger partial charge in [-0.1, -0.05) is 18.2 Å². The molecule has 2 aromatic carbocycles. The third kappa shape index (κ3) is 3.14. The van der Waals surface area contributed by atoms with E-state index in [9.17, 15) is 4.79 Å². The van der Waals surface area contributed by atoms with Crippen molar-refractivity contribution in [3.8, 4) is 16.9 Å². The van der Waals surface area contributed by atoms with E-state index in [1.54, 1.807) is 24.5 Å². The first-order valence-electron chi connectivity index (χ1n) is 7.20. The first-order valence-corrected chi connectivity index (χ1v) is 7.20. The van der Waals surface area contributed by atoms with Crippen LogP contribution in [0, 0.1) is 0 Å². The Balaban J connectivity index is 2.04.